The van der Waals surface area contributed by atoms with Gasteiger partial charge in [-0.05, 0) is 25.0 Å². The van der Waals surface area contributed by atoms with Crippen LogP contribution in [0.3, 0.4) is 0 Å². The third kappa shape index (κ3) is 3.23. The maximum absolute atomic E-state index is 12.7. The highest BCUT2D eigenvalue weighted by molar-refractivity contribution is 7.21. The van der Waals surface area contributed by atoms with E-state index >= 15 is 0 Å². The van der Waals surface area contributed by atoms with Crippen molar-refractivity contribution in [2.24, 2.45) is 0 Å². The average molecular weight is 342 g/mol. The molecule has 2 heterocycles. The summed E-state index contributed by atoms with van der Waals surface area (Å²) in [7, 11) is 0. The second-order valence-electron chi connectivity index (χ2n) is 5.47. The number of hydrogen-bond acceptors (Lipinski definition) is 5. The number of carbonyl (C=O) groups excluding carboxylic acids is 1. The molecule has 2 aromatic heterocycles. The summed E-state index contributed by atoms with van der Waals surface area (Å²) in [6, 6.07) is 11.7. The minimum atomic E-state index is -0.415. The molecule has 3 aromatic rings. The summed E-state index contributed by atoms with van der Waals surface area (Å²) in [6.45, 7) is 3.91. The van der Waals surface area contributed by atoms with E-state index in [2.05, 4.69) is 4.98 Å². The Hall–Kier alpha value is -2.47. The first-order valence-corrected chi connectivity index (χ1v) is 8.64. The normalized spacial score (nSPS) is 10.9. The SMILES string of the molecule is CCCOC(=O)Cn1c(C)nc2sc(-c3ccccc3)cc2c1=O. The first-order valence-electron chi connectivity index (χ1n) is 7.82. The van der Waals surface area contributed by atoms with Crippen molar-refractivity contribution in [2.45, 2.75) is 26.8 Å². The Morgan fingerprint density at radius 2 is 2.04 bits per heavy atom. The van der Waals surface area contributed by atoms with Gasteiger partial charge in [-0.2, -0.15) is 0 Å². The highest BCUT2D eigenvalue weighted by atomic mass is 32.1. The van der Waals surface area contributed by atoms with Crippen molar-refractivity contribution in [1.29, 1.82) is 0 Å². The Balaban J connectivity index is 2.01. The van der Waals surface area contributed by atoms with E-state index < -0.39 is 5.97 Å². The molecule has 1 aromatic carbocycles. The van der Waals surface area contributed by atoms with Gasteiger partial charge in [-0.15, -0.1) is 11.3 Å². The largest absolute Gasteiger partial charge is 0.464 e. The quantitative estimate of drug-likeness (QED) is 0.667. The predicted octanol–water partition coefficient (Wildman–Crippen LogP) is 3.39. The van der Waals surface area contributed by atoms with E-state index in [1.165, 1.54) is 15.9 Å². The van der Waals surface area contributed by atoms with Gasteiger partial charge in [0.1, 0.15) is 17.2 Å². The zero-order valence-electron chi connectivity index (χ0n) is 13.6. The summed E-state index contributed by atoms with van der Waals surface area (Å²) >= 11 is 1.48. The molecule has 24 heavy (non-hydrogen) atoms. The van der Waals surface area contributed by atoms with Gasteiger partial charge in [0.25, 0.3) is 5.56 Å². The Bertz CT molecular complexity index is 929. The molecule has 0 N–H and O–H groups in total. The first-order chi connectivity index (χ1) is 11.6. The number of aromatic nitrogens is 2. The molecule has 0 aliphatic rings. The first kappa shape index (κ1) is 16.4. The maximum atomic E-state index is 12.7. The van der Waals surface area contributed by atoms with Gasteiger partial charge in [0, 0.05) is 4.88 Å². The van der Waals surface area contributed by atoms with Crippen LogP contribution in [0.15, 0.2) is 41.2 Å². The standard InChI is InChI=1S/C18H18N2O3S/c1-3-9-23-16(21)11-20-12(2)19-17-14(18(20)22)10-15(24-17)13-7-5-4-6-8-13/h4-8,10H,3,9,11H2,1-2H3. The van der Waals surface area contributed by atoms with Crippen molar-refractivity contribution in [3.63, 3.8) is 0 Å². The number of thiophene rings is 1. The lowest BCUT2D eigenvalue weighted by atomic mass is 10.2. The fourth-order valence-corrected chi connectivity index (χ4v) is 3.51. The van der Waals surface area contributed by atoms with E-state index in [1.54, 1.807) is 6.92 Å². The van der Waals surface area contributed by atoms with Gasteiger partial charge in [-0.25, -0.2) is 4.98 Å². The van der Waals surface area contributed by atoms with Crippen molar-refractivity contribution in [1.82, 2.24) is 9.55 Å². The third-order valence-corrected chi connectivity index (χ3v) is 4.73. The number of fused-ring (bicyclic) bond motifs is 1. The van der Waals surface area contributed by atoms with Crippen molar-refractivity contribution < 1.29 is 9.53 Å². The molecule has 0 fully saturated rings. The molecule has 5 nitrogen and oxygen atoms in total. The van der Waals surface area contributed by atoms with Gasteiger partial charge < -0.3 is 4.74 Å². The predicted molar refractivity (Wildman–Crippen MR) is 95.3 cm³/mol. The molecule has 0 bridgehead atoms. The van der Waals surface area contributed by atoms with Crippen LogP contribution in [0.5, 0.6) is 0 Å². The molecule has 0 aliphatic carbocycles. The molecule has 0 aliphatic heterocycles. The lowest BCUT2D eigenvalue weighted by molar-refractivity contribution is -0.144. The van der Waals surface area contributed by atoms with Crippen LogP contribution in [0.25, 0.3) is 20.7 Å². The van der Waals surface area contributed by atoms with Crippen LogP contribution in [0.2, 0.25) is 0 Å². The average Bonchev–Trinajstić information content (AvgIpc) is 3.01. The highest BCUT2D eigenvalue weighted by Crippen LogP contribution is 2.30. The number of benzene rings is 1. The van der Waals surface area contributed by atoms with Gasteiger partial charge in [-0.3, -0.25) is 14.2 Å². The Morgan fingerprint density at radius 1 is 1.29 bits per heavy atom. The molecule has 0 atom stereocenters. The molecular weight excluding hydrogens is 324 g/mol. The molecular formula is C18H18N2O3S. The topological polar surface area (TPSA) is 61.2 Å². The molecule has 0 saturated heterocycles. The van der Waals surface area contributed by atoms with Gasteiger partial charge in [0.05, 0.1) is 12.0 Å². The van der Waals surface area contributed by atoms with Crippen molar-refractivity contribution >= 4 is 27.5 Å². The molecule has 3 rings (SSSR count). The Labute approximate surface area is 143 Å². The van der Waals surface area contributed by atoms with Crippen LogP contribution >= 0.6 is 11.3 Å². The zero-order valence-corrected chi connectivity index (χ0v) is 14.4. The summed E-state index contributed by atoms with van der Waals surface area (Å²) in [5.74, 6) is 0.101. The minimum absolute atomic E-state index is 0.107. The summed E-state index contributed by atoms with van der Waals surface area (Å²) in [6.07, 6.45) is 0.752. The second kappa shape index (κ2) is 6.97. The molecule has 0 spiro atoms. The van der Waals surface area contributed by atoms with Crippen LogP contribution < -0.4 is 5.56 Å². The summed E-state index contributed by atoms with van der Waals surface area (Å²) < 4.78 is 6.44. The number of esters is 1. The molecule has 0 unspecified atom stereocenters. The van der Waals surface area contributed by atoms with E-state index in [4.69, 9.17) is 4.74 Å². The van der Waals surface area contributed by atoms with E-state index in [9.17, 15) is 9.59 Å². The molecule has 0 saturated carbocycles. The fourth-order valence-electron chi connectivity index (χ4n) is 2.44. The number of aryl methyl sites for hydroxylation is 1. The smallest absolute Gasteiger partial charge is 0.326 e. The summed E-state index contributed by atoms with van der Waals surface area (Å²) in [5.41, 5.74) is 0.843. The lowest BCUT2D eigenvalue weighted by Crippen LogP contribution is -2.28. The fraction of sp³-hybridized carbons (Fsp3) is 0.278. The number of ether oxygens (including phenoxy) is 1. The van der Waals surface area contributed by atoms with Crippen molar-refractivity contribution in [2.75, 3.05) is 6.61 Å². The molecule has 6 heteroatoms. The second-order valence-corrected chi connectivity index (χ2v) is 6.50. The zero-order chi connectivity index (χ0) is 17.1. The highest BCUT2D eigenvalue weighted by Gasteiger charge is 2.15. The summed E-state index contributed by atoms with van der Waals surface area (Å²) in [4.78, 5) is 30.7. The number of nitrogens with zero attached hydrogens (tertiary/aromatic N) is 2. The van der Waals surface area contributed by atoms with Gasteiger partial charge in [-0.1, -0.05) is 37.3 Å². The molecule has 0 amide bonds. The monoisotopic (exact) mass is 342 g/mol. The van der Waals surface area contributed by atoms with Gasteiger partial charge in [0.15, 0.2) is 0 Å². The number of hydrogen-bond donors (Lipinski definition) is 0. The Kier molecular flexibility index (Phi) is 4.76. The maximum Gasteiger partial charge on any atom is 0.326 e. The number of carbonyl (C=O) groups is 1. The van der Waals surface area contributed by atoms with Gasteiger partial charge >= 0.3 is 5.97 Å². The van der Waals surface area contributed by atoms with E-state index in [-0.39, 0.29) is 12.1 Å². The molecule has 124 valence electrons. The van der Waals surface area contributed by atoms with Crippen molar-refractivity contribution in [3.05, 3.63) is 52.6 Å². The van der Waals surface area contributed by atoms with E-state index in [0.717, 1.165) is 16.9 Å². The van der Waals surface area contributed by atoms with E-state index in [0.29, 0.717) is 22.6 Å². The lowest BCUT2D eigenvalue weighted by Gasteiger charge is -2.08. The Morgan fingerprint density at radius 3 is 2.75 bits per heavy atom. The van der Waals surface area contributed by atoms with Gasteiger partial charge in [0.2, 0.25) is 0 Å². The van der Waals surface area contributed by atoms with Crippen LogP contribution in [0.4, 0.5) is 0 Å². The van der Waals surface area contributed by atoms with Crippen LogP contribution in [-0.4, -0.2) is 22.1 Å². The van der Waals surface area contributed by atoms with Crippen LogP contribution in [0.1, 0.15) is 19.2 Å². The van der Waals surface area contributed by atoms with Crippen molar-refractivity contribution in [3.8, 4) is 10.4 Å². The minimum Gasteiger partial charge on any atom is -0.464 e. The van der Waals surface area contributed by atoms with Crippen LogP contribution in [0, 0.1) is 6.92 Å². The van der Waals surface area contributed by atoms with E-state index in [1.807, 2.05) is 43.3 Å². The third-order valence-electron chi connectivity index (χ3n) is 3.65. The summed E-state index contributed by atoms with van der Waals surface area (Å²) in [5, 5.41) is 0.535. The molecule has 0 radical (unpaired) electrons. The van der Waals surface area contributed by atoms with Crippen LogP contribution in [-0.2, 0) is 16.1 Å². The number of rotatable bonds is 5.